The summed E-state index contributed by atoms with van der Waals surface area (Å²) in [7, 11) is 1.96. The van der Waals surface area contributed by atoms with E-state index in [-0.39, 0.29) is 0 Å². The lowest BCUT2D eigenvalue weighted by molar-refractivity contribution is 1.09. The number of halogens is 2. The van der Waals surface area contributed by atoms with Crippen LogP contribution in [-0.2, 0) is 0 Å². The predicted molar refractivity (Wildman–Crippen MR) is 77.6 cm³/mol. The molecule has 4 heteroatoms. The number of para-hydroxylation sites is 1. The molecule has 2 aromatic rings. The van der Waals surface area contributed by atoms with E-state index in [2.05, 4.69) is 21.4 Å². The minimum Gasteiger partial charge on any atom is -0.297 e. The van der Waals surface area contributed by atoms with Crippen LogP contribution in [0, 0.1) is 0 Å². The van der Waals surface area contributed by atoms with Crippen LogP contribution < -0.4 is 10.4 Å². The Kier molecular flexibility index (Phi) is 3.92. The highest BCUT2D eigenvalue weighted by atomic mass is 79.9. The van der Waals surface area contributed by atoms with Crippen molar-refractivity contribution in [3.8, 4) is 0 Å². The summed E-state index contributed by atoms with van der Waals surface area (Å²) in [6.45, 7) is 0. The summed E-state index contributed by atoms with van der Waals surface area (Å²) in [6.07, 6.45) is 0. The molecule has 0 atom stereocenters. The highest BCUT2D eigenvalue weighted by molar-refractivity contribution is 9.10. The van der Waals surface area contributed by atoms with Crippen LogP contribution in [0.2, 0.25) is 5.02 Å². The standard InChI is InChI=1S/C13H12BrClN2/c1-17(11-5-3-2-4-6-11)16-13-9-10(15)7-8-12(13)14/h2-9,16H,1H3. The van der Waals surface area contributed by atoms with Gasteiger partial charge in [0.1, 0.15) is 0 Å². The molecule has 88 valence electrons. The zero-order valence-electron chi connectivity index (χ0n) is 9.32. The molecule has 0 aromatic heterocycles. The fourth-order valence-electron chi connectivity index (χ4n) is 1.48. The average Bonchev–Trinajstić information content (AvgIpc) is 2.35. The second-order valence-electron chi connectivity index (χ2n) is 3.63. The van der Waals surface area contributed by atoms with Gasteiger partial charge in [0, 0.05) is 16.5 Å². The molecule has 0 saturated carbocycles. The van der Waals surface area contributed by atoms with E-state index in [9.17, 15) is 0 Å². The number of hydrogen-bond donors (Lipinski definition) is 1. The third-order valence-corrected chi connectivity index (χ3v) is 3.29. The lowest BCUT2D eigenvalue weighted by Gasteiger charge is -2.22. The Bertz CT molecular complexity index is 502. The Morgan fingerprint density at radius 2 is 1.82 bits per heavy atom. The van der Waals surface area contributed by atoms with Crippen molar-refractivity contribution in [3.05, 3.63) is 58.0 Å². The van der Waals surface area contributed by atoms with Crippen molar-refractivity contribution in [2.45, 2.75) is 0 Å². The van der Waals surface area contributed by atoms with Gasteiger partial charge in [0.05, 0.1) is 11.4 Å². The maximum absolute atomic E-state index is 5.97. The third-order valence-electron chi connectivity index (χ3n) is 2.36. The maximum atomic E-state index is 5.97. The van der Waals surface area contributed by atoms with Crippen LogP contribution in [0.5, 0.6) is 0 Å². The van der Waals surface area contributed by atoms with Gasteiger partial charge >= 0.3 is 0 Å². The Balaban J connectivity index is 2.18. The van der Waals surface area contributed by atoms with Gasteiger partial charge in [0.25, 0.3) is 0 Å². The van der Waals surface area contributed by atoms with E-state index < -0.39 is 0 Å². The fourth-order valence-corrected chi connectivity index (χ4v) is 1.99. The second kappa shape index (κ2) is 5.43. The Labute approximate surface area is 114 Å². The topological polar surface area (TPSA) is 15.3 Å². The molecule has 0 heterocycles. The molecule has 0 aliphatic carbocycles. The van der Waals surface area contributed by atoms with Crippen molar-refractivity contribution in [2.75, 3.05) is 17.5 Å². The number of rotatable bonds is 3. The average molecular weight is 312 g/mol. The summed E-state index contributed by atoms with van der Waals surface area (Å²) in [6, 6.07) is 15.7. The van der Waals surface area contributed by atoms with Gasteiger partial charge in [-0.25, -0.2) is 0 Å². The number of anilines is 2. The molecular weight excluding hydrogens is 300 g/mol. The van der Waals surface area contributed by atoms with Crippen LogP contribution in [0.1, 0.15) is 0 Å². The van der Waals surface area contributed by atoms with E-state index in [1.807, 2.05) is 60.6 Å². The summed E-state index contributed by atoms with van der Waals surface area (Å²) in [4.78, 5) is 0. The molecule has 0 radical (unpaired) electrons. The SMILES string of the molecule is CN(Nc1cc(Cl)ccc1Br)c1ccccc1. The van der Waals surface area contributed by atoms with Crippen molar-refractivity contribution in [2.24, 2.45) is 0 Å². The van der Waals surface area contributed by atoms with Crippen LogP contribution in [0.3, 0.4) is 0 Å². The second-order valence-corrected chi connectivity index (χ2v) is 4.92. The molecular formula is C13H12BrClN2. The number of hydrogen-bond acceptors (Lipinski definition) is 2. The van der Waals surface area contributed by atoms with Gasteiger partial charge in [-0.2, -0.15) is 0 Å². The Morgan fingerprint density at radius 3 is 2.53 bits per heavy atom. The van der Waals surface area contributed by atoms with E-state index in [1.165, 1.54) is 0 Å². The number of hydrazine groups is 1. The lowest BCUT2D eigenvalue weighted by Crippen LogP contribution is -2.24. The molecule has 17 heavy (non-hydrogen) atoms. The summed E-state index contributed by atoms with van der Waals surface area (Å²) in [5, 5.41) is 2.65. The summed E-state index contributed by atoms with van der Waals surface area (Å²) >= 11 is 9.45. The minimum atomic E-state index is 0.706. The molecule has 0 amide bonds. The number of benzene rings is 2. The highest BCUT2D eigenvalue weighted by Gasteiger charge is 2.04. The van der Waals surface area contributed by atoms with Crippen molar-refractivity contribution in [3.63, 3.8) is 0 Å². The van der Waals surface area contributed by atoms with E-state index in [1.54, 1.807) is 0 Å². The molecule has 0 bridgehead atoms. The Morgan fingerprint density at radius 1 is 1.12 bits per heavy atom. The van der Waals surface area contributed by atoms with Gasteiger partial charge in [-0.1, -0.05) is 29.8 Å². The monoisotopic (exact) mass is 310 g/mol. The van der Waals surface area contributed by atoms with Gasteiger partial charge in [-0.05, 0) is 46.3 Å². The van der Waals surface area contributed by atoms with Crippen LogP contribution in [-0.4, -0.2) is 7.05 Å². The summed E-state index contributed by atoms with van der Waals surface area (Å²) in [5.41, 5.74) is 5.29. The maximum Gasteiger partial charge on any atom is 0.0698 e. The first-order chi connectivity index (χ1) is 8.16. The van der Waals surface area contributed by atoms with Crippen LogP contribution >= 0.6 is 27.5 Å². The number of nitrogens with one attached hydrogen (secondary N) is 1. The van der Waals surface area contributed by atoms with E-state index >= 15 is 0 Å². The van der Waals surface area contributed by atoms with Crippen molar-refractivity contribution >= 4 is 38.9 Å². The fraction of sp³-hybridized carbons (Fsp3) is 0.0769. The van der Waals surface area contributed by atoms with Gasteiger partial charge in [-0.3, -0.25) is 10.4 Å². The van der Waals surface area contributed by atoms with Crippen molar-refractivity contribution in [1.29, 1.82) is 0 Å². The van der Waals surface area contributed by atoms with Crippen molar-refractivity contribution in [1.82, 2.24) is 0 Å². The number of nitrogens with zero attached hydrogens (tertiary/aromatic N) is 1. The van der Waals surface area contributed by atoms with Crippen LogP contribution in [0.15, 0.2) is 53.0 Å². The van der Waals surface area contributed by atoms with Crippen molar-refractivity contribution < 1.29 is 0 Å². The highest BCUT2D eigenvalue weighted by Crippen LogP contribution is 2.27. The van der Waals surface area contributed by atoms with Crippen LogP contribution in [0.25, 0.3) is 0 Å². The summed E-state index contributed by atoms with van der Waals surface area (Å²) < 4.78 is 0.977. The first-order valence-corrected chi connectivity index (χ1v) is 6.34. The minimum absolute atomic E-state index is 0.706. The molecule has 0 aliphatic rings. The molecule has 0 fully saturated rings. The van der Waals surface area contributed by atoms with E-state index in [0.717, 1.165) is 15.8 Å². The molecule has 0 spiro atoms. The normalized spacial score (nSPS) is 10.1. The van der Waals surface area contributed by atoms with Gasteiger partial charge < -0.3 is 0 Å². The first-order valence-electron chi connectivity index (χ1n) is 5.17. The predicted octanol–water partition coefficient (Wildman–Crippen LogP) is 4.57. The zero-order chi connectivity index (χ0) is 12.3. The summed E-state index contributed by atoms with van der Waals surface area (Å²) in [5.74, 6) is 0. The van der Waals surface area contributed by atoms with Gasteiger partial charge in [-0.15, -0.1) is 0 Å². The molecule has 0 saturated heterocycles. The van der Waals surface area contributed by atoms with E-state index in [0.29, 0.717) is 5.02 Å². The van der Waals surface area contributed by atoms with E-state index in [4.69, 9.17) is 11.6 Å². The molecule has 2 nitrogen and oxygen atoms in total. The largest absolute Gasteiger partial charge is 0.297 e. The molecule has 0 aliphatic heterocycles. The van der Waals surface area contributed by atoms with Gasteiger partial charge in [0.2, 0.25) is 0 Å². The molecule has 2 rings (SSSR count). The zero-order valence-corrected chi connectivity index (χ0v) is 11.7. The molecule has 1 N–H and O–H groups in total. The molecule has 2 aromatic carbocycles. The quantitative estimate of drug-likeness (QED) is 0.836. The smallest absolute Gasteiger partial charge is 0.0698 e. The molecule has 0 unspecified atom stereocenters. The lowest BCUT2D eigenvalue weighted by atomic mass is 10.3. The third kappa shape index (κ3) is 3.14. The van der Waals surface area contributed by atoms with Gasteiger partial charge in [0.15, 0.2) is 0 Å². The van der Waals surface area contributed by atoms with Crippen LogP contribution in [0.4, 0.5) is 11.4 Å². The Hall–Kier alpha value is -1.19. The first kappa shape index (κ1) is 12.3.